The predicted octanol–water partition coefficient (Wildman–Crippen LogP) is 3.23. The van der Waals surface area contributed by atoms with E-state index in [1.165, 1.54) is 6.07 Å². The van der Waals surface area contributed by atoms with Gasteiger partial charge in [-0.05, 0) is 57.7 Å². The Balaban J connectivity index is 2.14. The van der Waals surface area contributed by atoms with Crippen LogP contribution in [0.1, 0.15) is 17.2 Å². The van der Waals surface area contributed by atoms with Gasteiger partial charge in [-0.2, -0.15) is 0 Å². The van der Waals surface area contributed by atoms with Gasteiger partial charge in [-0.3, -0.25) is 4.98 Å². The van der Waals surface area contributed by atoms with Gasteiger partial charge < -0.3 is 5.73 Å². The smallest absolute Gasteiger partial charge is 0.137 e. The highest BCUT2D eigenvalue weighted by molar-refractivity contribution is 9.10. The highest BCUT2D eigenvalue weighted by Gasteiger charge is 2.09. The minimum absolute atomic E-state index is 0.144. The van der Waals surface area contributed by atoms with Gasteiger partial charge in [0.1, 0.15) is 5.82 Å². The number of pyridine rings is 1. The lowest BCUT2D eigenvalue weighted by atomic mass is 10.0. The quantitative estimate of drug-likeness (QED) is 0.944. The van der Waals surface area contributed by atoms with Crippen molar-refractivity contribution in [1.29, 1.82) is 0 Å². The first-order valence-corrected chi connectivity index (χ1v) is 6.05. The Morgan fingerprint density at radius 1 is 1.24 bits per heavy atom. The zero-order valence-corrected chi connectivity index (χ0v) is 10.7. The van der Waals surface area contributed by atoms with Crippen LogP contribution in [0.3, 0.4) is 0 Å². The number of aromatic nitrogens is 1. The van der Waals surface area contributed by atoms with Crippen molar-refractivity contribution in [2.45, 2.75) is 12.5 Å². The van der Waals surface area contributed by atoms with E-state index in [9.17, 15) is 4.39 Å². The number of benzene rings is 1. The molecule has 2 nitrogen and oxygen atoms in total. The number of nitrogens with zero attached hydrogens (tertiary/aromatic N) is 1. The summed E-state index contributed by atoms with van der Waals surface area (Å²) in [5, 5.41) is 0. The highest BCUT2D eigenvalue weighted by atomic mass is 79.9. The van der Waals surface area contributed by atoms with Crippen LogP contribution < -0.4 is 5.73 Å². The Kier molecular flexibility index (Phi) is 3.86. The maximum atomic E-state index is 13.1. The Hall–Kier alpha value is -1.26. The van der Waals surface area contributed by atoms with E-state index in [0.717, 1.165) is 11.1 Å². The number of halogens is 2. The van der Waals surface area contributed by atoms with Crippen molar-refractivity contribution in [2.75, 3.05) is 0 Å². The molecule has 2 rings (SSSR count). The van der Waals surface area contributed by atoms with E-state index in [0.29, 0.717) is 10.9 Å². The first kappa shape index (κ1) is 12.2. The van der Waals surface area contributed by atoms with E-state index in [1.54, 1.807) is 24.5 Å². The molecule has 4 heteroatoms. The fourth-order valence-corrected chi connectivity index (χ4v) is 2.03. The number of hydrogen-bond acceptors (Lipinski definition) is 2. The molecule has 0 spiro atoms. The van der Waals surface area contributed by atoms with Crippen molar-refractivity contribution in [1.82, 2.24) is 4.98 Å². The van der Waals surface area contributed by atoms with Crippen LogP contribution in [-0.4, -0.2) is 4.98 Å². The zero-order valence-electron chi connectivity index (χ0n) is 9.11. The van der Waals surface area contributed by atoms with E-state index in [4.69, 9.17) is 5.73 Å². The summed E-state index contributed by atoms with van der Waals surface area (Å²) in [6.07, 6.45) is 4.19. The summed E-state index contributed by atoms with van der Waals surface area (Å²) in [6, 6.07) is 8.57. The van der Waals surface area contributed by atoms with Gasteiger partial charge in [0, 0.05) is 18.4 Å². The number of rotatable bonds is 3. The number of hydrogen-bond donors (Lipinski definition) is 1. The minimum atomic E-state index is -0.273. The van der Waals surface area contributed by atoms with Crippen molar-refractivity contribution in [3.05, 3.63) is 64.1 Å². The first-order valence-electron chi connectivity index (χ1n) is 5.26. The molecule has 0 saturated heterocycles. The van der Waals surface area contributed by atoms with Crippen LogP contribution in [0.15, 0.2) is 47.2 Å². The van der Waals surface area contributed by atoms with Crippen LogP contribution in [0.25, 0.3) is 0 Å². The van der Waals surface area contributed by atoms with Gasteiger partial charge in [-0.15, -0.1) is 0 Å². The third-order valence-electron chi connectivity index (χ3n) is 2.58. The van der Waals surface area contributed by atoms with E-state index in [1.807, 2.05) is 12.1 Å². The van der Waals surface area contributed by atoms with Gasteiger partial charge in [0.05, 0.1) is 4.47 Å². The fraction of sp³-hybridized carbons (Fsp3) is 0.154. The molecule has 0 saturated carbocycles. The normalized spacial score (nSPS) is 12.4. The van der Waals surface area contributed by atoms with Crippen molar-refractivity contribution < 1.29 is 4.39 Å². The molecule has 0 amide bonds. The van der Waals surface area contributed by atoms with Gasteiger partial charge >= 0.3 is 0 Å². The third-order valence-corrected chi connectivity index (χ3v) is 3.18. The average molecular weight is 295 g/mol. The molecule has 0 fully saturated rings. The van der Waals surface area contributed by atoms with Crippen LogP contribution >= 0.6 is 15.9 Å². The molecule has 1 heterocycles. The molecule has 17 heavy (non-hydrogen) atoms. The van der Waals surface area contributed by atoms with Crippen LogP contribution in [0.2, 0.25) is 0 Å². The number of nitrogens with two attached hydrogens (primary N) is 1. The van der Waals surface area contributed by atoms with Gasteiger partial charge in [0.25, 0.3) is 0 Å². The fourth-order valence-electron chi connectivity index (χ4n) is 1.63. The first-order chi connectivity index (χ1) is 8.16. The molecule has 88 valence electrons. The summed E-state index contributed by atoms with van der Waals surface area (Å²) in [7, 11) is 0. The summed E-state index contributed by atoms with van der Waals surface area (Å²) in [4.78, 5) is 3.95. The van der Waals surface area contributed by atoms with E-state index < -0.39 is 0 Å². The highest BCUT2D eigenvalue weighted by Crippen LogP contribution is 2.22. The van der Waals surface area contributed by atoms with Gasteiger partial charge in [0.15, 0.2) is 0 Å². The van der Waals surface area contributed by atoms with E-state index in [-0.39, 0.29) is 11.9 Å². The lowest BCUT2D eigenvalue weighted by Crippen LogP contribution is -2.13. The van der Waals surface area contributed by atoms with Gasteiger partial charge in [-0.25, -0.2) is 4.39 Å². The molecule has 0 aliphatic rings. The maximum Gasteiger partial charge on any atom is 0.137 e. The predicted molar refractivity (Wildman–Crippen MR) is 69.0 cm³/mol. The third kappa shape index (κ3) is 3.11. The SMILES string of the molecule is NC(Cc1ccncc1)c1ccc(F)c(Br)c1. The van der Waals surface area contributed by atoms with Crippen molar-refractivity contribution in [2.24, 2.45) is 5.73 Å². The Labute approximate surface area is 108 Å². The molecule has 0 radical (unpaired) electrons. The second kappa shape index (κ2) is 5.38. The summed E-state index contributed by atoms with van der Waals surface area (Å²) < 4.78 is 13.5. The van der Waals surface area contributed by atoms with Crippen molar-refractivity contribution in [3.8, 4) is 0 Å². The molecule has 2 N–H and O–H groups in total. The van der Waals surface area contributed by atoms with Crippen LogP contribution in [0, 0.1) is 5.82 Å². The summed E-state index contributed by atoms with van der Waals surface area (Å²) >= 11 is 3.16. The van der Waals surface area contributed by atoms with E-state index >= 15 is 0 Å². The second-order valence-electron chi connectivity index (χ2n) is 3.84. The average Bonchev–Trinajstić information content (AvgIpc) is 2.34. The monoisotopic (exact) mass is 294 g/mol. The standard InChI is InChI=1S/C13H12BrFN2/c14-11-8-10(1-2-12(11)15)13(16)7-9-3-5-17-6-4-9/h1-6,8,13H,7,16H2. The molecule has 0 aliphatic heterocycles. The lowest BCUT2D eigenvalue weighted by Gasteiger charge is -2.12. The topological polar surface area (TPSA) is 38.9 Å². The Morgan fingerprint density at radius 3 is 2.59 bits per heavy atom. The van der Waals surface area contributed by atoms with Crippen LogP contribution in [0.5, 0.6) is 0 Å². The minimum Gasteiger partial charge on any atom is -0.324 e. The summed E-state index contributed by atoms with van der Waals surface area (Å²) in [6.45, 7) is 0. The van der Waals surface area contributed by atoms with Gasteiger partial charge in [-0.1, -0.05) is 6.07 Å². The van der Waals surface area contributed by atoms with Crippen LogP contribution in [0.4, 0.5) is 4.39 Å². The molecular formula is C13H12BrFN2. The molecular weight excluding hydrogens is 283 g/mol. The molecule has 0 aliphatic carbocycles. The van der Waals surface area contributed by atoms with Crippen molar-refractivity contribution in [3.63, 3.8) is 0 Å². The molecule has 2 aromatic rings. The largest absolute Gasteiger partial charge is 0.324 e. The Bertz CT molecular complexity index is 502. The second-order valence-corrected chi connectivity index (χ2v) is 4.69. The maximum absolute atomic E-state index is 13.1. The molecule has 1 atom stereocenters. The summed E-state index contributed by atoms with van der Waals surface area (Å²) in [5.74, 6) is -0.273. The molecule has 0 bridgehead atoms. The molecule has 1 aromatic carbocycles. The molecule has 1 aromatic heterocycles. The van der Waals surface area contributed by atoms with Gasteiger partial charge in [0.2, 0.25) is 0 Å². The van der Waals surface area contributed by atoms with E-state index in [2.05, 4.69) is 20.9 Å². The zero-order chi connectivity index (χ0) is 12.3. The van der Waals surface area contributed by atoms with Crippen LogP contribution in [-0.2, 0) is 6.42 Å². The lowest BCUT2D eigenvalue weighted by molar-refractivity contribution is 0.617. The van der Waals surface area contributed by atoms with Crippen molar-refractivity contribution >= 4 is 15.9 Å². The Morgan fingerprint density at radius 2 is 1.94 bits per heavy atom. The summed E-state index contributed by atoms with van der Waals surface area (Å²) in [5.41, 5.74) is 8.11. The molecule has 1 unspecified atom stereocenters.